The number of rotatable bonds is 6. The van der Waals surface area contributed by atoms with Crippen molar-refractivity contribution in [2.45, 2.75) is 13.5 Å². The number of aryl methyl sites for hydroxylation is 1. The number of nitrogens with one attached hydrogen (secondary N) is 2. The highest BCUT2D eigenvalue weighted by atomic mass is 16.5. The minimum Gasteiger partial charge on any atom is -0.423 e. The van der Waals surface area contributed by atoms with Crippen LogP contribution in [0.2, 0.25) is 0 Å². The highest BCUT2D eigenvalue weighted by Crippen LogP contribution is 2.16. The van der Waals surface area contributed by atoms with Gasteiger partial charge in [-0.1, -0.05) is 48.0 Å². The van der Waals surface area contributed by atoms with E-state index in [0.717, 1.165) is 16.8 Å². The highest BCUT2D eigenvalue weighted by molar-refractivity contribution is 5.91. The second-order valence-electron chi connectivity index (χ2n) is 5.75. The molecule has 3 rings (SSSR count). The first-order chi connectivity index (χ1) is 12.2. The molecule has 0 atom stereocenters. The van der Waals surface area contributed by atoms with Crippen LogP contribution in [0.15, 0.2) is 78.9 Å². The summed E-state index contributed by atoms with van der Waals surface area (Å²) < 4.78 is 5.46. The fraction of sp³-hybridized carbons (Fsp3) is 0.0952. The molecule has 0 aliphatic carbocycles. The third-order valence-electron chi connectivity index (χ3n) is 3.70. The van der Waals surface area contributed by atoms with Crippen LogP contribution in [-0.2, 0) is 6.54 Å². The number of benzene rings is 3. The van der Waals surface area contributed by atoms with Crippen LogP contribution in [0, 0.1) is 6.92 Å². The standard InChI is InChI=1S/C21H20N2O2/c1-16-10-12-18(13-11-16)21(24)25-20-9-5-6-17(14-20)15-22-23-19-7-3-2-4-8-19/h2-14,22-23H,15H2,1H3. The third-order valence-corrected chi connectivity index (χ3v) is 3.70. The molecule has 0 aromatic heterocycles. The molecule has 0 saturated carbocycles. The van der Waals surface area contributed by atoms with Gasteiger partial charge in [0.2, 0.25) is 0 Å². The summed E-state index contributed by atoms with van der Waals surface area (Å²) in [6, 6.07) is 24.7. The largest absolute Gasteiger partial charge is 0.423 e. The number of ether oxygens (including phenoxy) is 1. The van der Waals surface area contributed by atoms with Crippen molar-refractivity contribution in [2.75, 3.05) is 5.43 Å². The maximum absolute atomic E-state index is 12.2. The summed E-state index contributed by atoms with van der Waals surface area (Å²) >= 11 is 0. The van der Waals surface area contributed by atoms with E-state index in [9.17, 15) is 4.79 Å². The monoisotopic (exact) mass is 332 g/mol. The summed E-state index contributed by atoms with van der Waals surface area (Å²) in [4.78, 5) is 12.2. The molecule has 0 heterocycles. The van der Waals surface area contributed by atoms with E-state index < -0.39 is 0 Å². The number of anilines is 1. The smallest absolute Gasteiger partial charge is 0.343 e. The first kappa shape index (κ1) is 16.7. The molecule has 2 N–H and O–H groups in total. The molecule has 0 bridgehead atoms. The molecule has 0 amide bonds. The van der Waals surface area contributed by atoms with Gasteiger partial charge >= 0.3 is 5.97 Å². The van der Waals surface area contributed by atoms with Crippen LogP contribution in [0.1, 0.15) is 21.5 Å². The summed E-state index contributed by atoms with van der Waals surface area (Å²) in [7, 11) is 0. The van der Waals surface area contributed by atoms with Crippen molar-refractivity contribution in [2.24, 2.45) is 0 Å². The Labute approximate surface area is 147 Å². The molecule has 0 saturated heterocycles. The number of hydrogen-bond acceptors (Lipinski definition) is 4. The Morgan fingerprint density at radius 1 is 0.920 bits per heavy atom. The Balaban J connectivity index is 1.57. The van der Waals surface area contributed by atoms with Gasteiger partial charge in [-0.3, -0.25) is 0 Å². The van der Waals surface area contributed by atoms with E-state index in [1.165, 1.54) is 0 Å². The second-order valence-corrected chi connectivity index (χ2v) is 5.75. The minimum absolute atomic E-state index is 0.354. The van der Waals surface area contributed by atoms with Crippen molar-refractivity contribution in [3.05, 3.63) is 95.6 Å². The Bertz CT molecular complexity index is 830. The number of esters is 1. The number of carbonyl (C=O) groups is 1. The van der Waals surface area contributed by atoms with Crippen LogP contribution < -0.4 is 15.6 Å². The molecule has 0 unspecified atom stereocenters. The lowest BCUT2D eigenvalue weighted by atomic mass is 10.1. The fourth-order valence-corrected chi connectivity index (χ4v) is 2.34. The highest BCUT2D eigenvalue weighted by Gasteiger charge is 2.08. The predicted molar refractivity (Wildman–Crippen MR) is 99.5 cm³/mol. The van der Waals surface area contributed by atoms with Crippen LogP contribution in [-0.4, -0.2) is 5.97 Å². The summed E-state index contributed by atoms with van der Waals surface area (Å²) in [5.74, 6) is 0.178. The van der Waals surface area contributed by atoms with E-state index >= 15 is 0 Å². The van der Waals surface area contributed by atoms with Gasteiger partial charge in [-0.25, -0.2) is 10.2 Å². The SMILES string of the molecule is Cc1ccc(C(=O)Oc2cccc(CNNc3ccccc3)c2)cc1. The molecule has 4 heteroatoms. The topological polar surface area (TPSA) is 50.4 Å². The average Bonchev–Trinajstić information content (AvgIpc) is 2.63. The molecule has 0 radical (unpaired) electrons. The number of para-hydroxylation sites is 1. The van der Waals surface area contributed by atoms with Crippen molar-refractivity contribution < 1.29 is 9.53 Å². The molecule has 3 aromatic carbocycles. The van der Waals surface area contributed by atoms with Gasteiger partial charge in [0, 0.05) is 12.2 Å². The first-order valence-electron chi connectivity index (χ1n) is 8.12. The minimum atomic E-state index is -0.354. The van der Waals surface area contributed by atoms with E-state index in [4.69, 9.17) is 4.74 Å². The molecular weight excluding hydrogens is 312 g/mol. The van der Waals surface area contributed by atoms with Crippen molar-refractivity contribution >= 4 is 11.7 Å². The van der Waals surface area contributed by atoms with Gasteiger partial charge < -0.3 is 10.2 Å². The quantitative estimate of drug-likeness (QED) is 0.401. The Hall–Kier alpha value is -3.11. The second kappa shape index (κ2) is 8.13. The van der Waals surface area contributed by atoms with E-state index in [1.807, 2.05) is 67.6 Å². The predicted octanol–water partition coefficient (Wildman–Crippen LogP) is 4.33. The molecule has 0 aliphatic rings. The van der Waals surface area contributed by atoms with Crippen molar-refractivity contribution in [1.29, 1.82) is 0 Å². The molecule has 0 fully saturated rings. The average molecular weight is 332 g/mol. The zero-order chi connectivity index (χ0) is 17.5. The zero-order valence-corrected chi connectivity index (χ0v) is 14.0. The van der Waals surface area contributed by atoms with Crippen molar-refractivity contribution in [3.63, 3.8) is 0 Å². The van der Waals surface area contributed by atoms with Gasteiger partial charge in [-0.2, -0.15) is 0 Å². The number of carbonyl (C=O) groups excluding carboxylic acids is 1. The van der Waals surface area contributed by atoms with Crippen LogP contribution >= 0.6 is 0 Å². The number of hydrazine groups is 1. The van der Waals surface area contributed by atoms with Crippen LogP contribution in [0.25, 0.3) is 0 Å². The molecule has 3 aromatic rings. The van der Waals surface area contributed by atoms with Gasteiger partial charge in [0.15, 0.2) is 0 Å². The van der Waals surface area contributed by atoms with E-state index in [2.05, 4.69) is 10.9 Å². The van der Waals surface area contributed by atoms with Crippen molar-refractivity contribution in [3.8, 4) is 5.75 Å². The van der Waals surface area contributed by atoms with E-state index in [1.54, 1.807) is 18.2 Å². The van der Waals surface area contributed by atoms with Crippen molar-refractivity contribution in [1.82, 2.24) is 5.43 Å². The van der Waals surface area contributed by atoms with Gasteiger partial charge in [-0.05, 0) is 48.9 Å². The van der Waals surface area contributed by atoms with Crippen LogP contribution in [0.5, 0.6) is 5.75 Å². The van der Waals surface area contributed by atoms with Gasteiger partial charge in [0.1, 0.15) is 5.75 Å². The Morgan fingerprint density at radius 2 is 1.68 bits per heavy atom. The van der Waals surface area contributed by atoms with Gasteiger partial charge in [0.25, 0.3) is 0 Å². The molecule has 4 nitrogen and oxygen atoms in total. The maximum Gasteiger partial charge on any atom is 0.343 e. The molecule has 126 valence electrons. The number of hydrogen-bond donors (Lipinski definition) is 2. The van der Waals surface area contributed by atoms with Crippen LogP contribution in [0.3, 0.4) is 0 Å². The summed E-state index contributed by atoms with van der Waals surface area (Å²) in [6.45, 7) is 2.58. The first-order valence-corrected chi connectivity index (χ1v) is 8.12. The molecule has 0 aliphatic heterocycles. The summed E-state index contributed by atoms with van der Waals surface area (Å²) in [5, 5.41) is 0. The maximum atomic E-state index is 12.2. The lowest BCUT2D eigenvalue weighted by molar-refractivity contribution is 0.0734. The van der Waals surface area contributed by atoms with E-state index in [0.29, 0.717) is 17.9 Å². The fourth-order valence-electron chi connectivity index (χ4n) is 2.34. The molecule has 25 heavy (non-hydrogen) atoms. The van der Waals surface area contributed by atoms with Gasteiger partial charge in [-0.15, -0.1) is 0 Å². The van der Waals surface area contributed by atoms with E-state index in [-0.39, 0.29) is 5.97 Å². The molecule has 0 spiro atoms. The van der Waals surface area contributed by atoms with Gasteiger partial charge in [0.05, 0.1) is 5.56 Å². The Kier molecular flexibility index (Phi) is 5.44. The lowest BCUT2D eigenvalue weighted by Crippen LogP contribution is -2.20. The summed E-state index contributed by atoms with van der Waals surface area (Å²) in [5.41, 5.74) is 9.92. The summed E-state index contributed by atoms with van der Waals surface area (Å²) in [6.07, 6.45) is 0. The molecular formula is C21H20N2O2. The third kappa shape index (κ3) is 4.93. The van der Waals surface area contributed by atoms with Crippen LogP contribution in [0.4, 0.5) is 5.69 Å². The Morgan fingerprint density at radius 3 is 2.44 bits per heavy atom. The lowest BCUT2D eigenvalue weighted by Gasteiger charge is -2.10. The zero-order valence-electron chi connectivity index (χ0n) is 14.0. The normalized spacial score (nSPS) is 10.3.